The van der Waals surface area contributed by atoms with E-state index in [0.717, 1.165) is 22.3 Å². The number of carbonyl (C=O) groups excluding carboxylic acids is 2. The summed E-state index contributed by atoms with van der Waals surface area (Å²) in [7, 11) is 0. The number of hydrazine groups is 1. The molecule has 5 nitrogen and oxygen atoms in total. The highest BCUT2D eigenvalue weighted by Crippen LogP contribution is 2.33. The molecule has 0 bridgehead atoms. The third kappa shape index (κ3) is 5.57. The maximum Gasteiger partial charge on any atom is 0.285 e. The van der Waals surface area contributed by atoms with E-state index in [2.05, 4.69) is 5.43 Å². The van der Waals surface area contributed by atoms with Crippen molar-refractivity contribution in [3.63, 3.8) is 0 Å². The van der Waals surface area contributed by atoms with Crippen LogP contribution >= 0.6 is 47.2 Å². The highest BCUT2D eigenvalue weighted by atomic mass is 35.5. The molecular formula is C24H16Cl2N2O3S2. The molecule has 9 heteroatoms. The van der Waals surface area contributed by atoms with Crippen molar-refractivity contribution < 1.29 is 14.3 Å². The molecule has 1 fully saturated rings. The summed E-state index contributed by atoms with van der Waals surface area (Å²) in [5.74, 6) is -0.297. The Bertz CT molecular complexity index is 1260. The topological polar surface area (TPSA) is 58.6 Å². The number of hydrogen-bond acceptors (Lipinski definition) is 5. The van der Waals surface area contributed by atoms with Crippen molar-refractivity contribution >= 4 is 69.4 Å². The van der Waals surface area contributed by atoms with E-state index in [1.807, 2.05) is 42.5 Å². The lowest BCUT2D eigenvalue weighted by Gasteiger charge is -2.15. The lowest BCUT2D eigenvalue weighted by Crippen LogP contribution is -2.44. The predicted octanol–water partition coefficient (Wildman–Crippen LogP) is 6.12. The molecule has 0 aromatic heterocycles. The van der Waals surface area contributed by atoms with Crippen LogP contribution < -0.4 is 10.2 Å². The van der Waals surface area contributed by atoms with Crippen LogP contribution in [0.1, 0.15) is 21.5 Å². The molecule has 33 heavy (non-hydrogen) atoms. The number of para-hydroxylation sites is 1. The van der Waals surface area contributed by atoms with Crippen LogP contribution in [0.15, 0.2) is 77.7 Å². The zero-order chi connectivity index (χ0) is 23.4. The lowest BCUT2D eigenvalue weighted by atomic mass is 10.1. The average molecular weight is 515 g/mol. The van der Waals surface area contributed by atoms with E-state index in [9.17, 15) is 9.59 Å². The Labute approximate surface area is 210 Å². The molecule has 3 aromatic rings. The van der Waals surface area contributed by atoms with Gasteiger partial charge in [-0.1, -0.05) is 71.4 Å². The zero-order valence-corrected chi connectivity index (χ0v) is 20.1. The van der Waals surface area contributed by atoms with Crippen LogP contribution in [0.3, 0.4) is 0 Å². The van der Waals surface area contributed by atoms with Crippen molar-refractivity contribution in [2.24, 2.45) is 0 Å². The van der Waals surface area contributed by atoms with Gasteiger partial charge in [0.15, 0.2) is 4.32 Å². The van der Waals surface area contributed by atoms with Gasteiger partial charge in [0.2, 0.25) is 0 Å². The smallest absolute Gasteiger partial charge is 0.285 e. The first-order valence-electron chi connectivity index (χ1n) is 9.72. The predicted molar refractivity (Wildman–Crippen MR) is 136 cm³/mol. The highest BCUT2D eigenvalue weighted by Gasteiger charge is 2.34. The Kier molecular flexibility index (Phi) is 7.35. The SMILES string of the molecule is O=C(NN1C(=O)/C(=C\c2ccccc2OCc2ccccc2Cl)SC1=S)c1ccc(Cl)cc1. The van der Waals surface area contributed by atoms with Crippen LogP contribution in [0.4, 0.5) is 0 Å². The Morgan fingerprint density at radius 1 is 1.03 bits per heavy atom. The quantitative estimate of drug-likeness (QED) is 0.317. The van der Waals surface area contributed by atoms with E-state index in [-0.39, 0.29) is 10.9 Å². The van der Waals surface area contributed by atoms with Gasteiger partial charge in [0, 0.05) is 26.7 Å². The van der Waals surface area contributed by atoms with Gasteiger partial charge in [-0.05, 0) is 54.7 Å². The number of benzene rings is 3. The molecule has 2 amide bonds. The molecule has 1 aliphatic rings. The van der Waals surface area contributed by atoms with Gasteiger partial charge in [-0.15, -0.1) is 0 Å². The first kappa shape index (κ1) is 23.3. The second-order valence-electron chi connectivity index (χ2n) is 6.88. The number of nitrogens with zero attached hydrogens (tertiary/aromatic N) is 1. The van der Waals surface area contributed by atoms with Crippen LogP contribution in [0, 0.1) is 0 Å². The Morgan fingerprint density at radius 3 is 2.48 bits per heavy atom. The molecule has 1 saturated heterocycles. The van der Waals surface area contributed by atoms with E-state index in [1.165, 1.54) is 0 Å². The fourth-order valence-electron chi connectivity index (χ4n) is 2.97. The van der Waals surface area contributed by atoms with Gasteiger partial charge in [-0.2, -0.15) is 5.01 Å². The van der Waals surface area contributed by atoms with Gasteiger partial charge < -0.3 is 4.74 Å². The van der Waals surface area contributed by atoms with Gasteiger partial charge in [0.05, 0.1) is 4.91 Å². The number of ether oxygens (including phenoxy) is 1. The van der Waals surface area contributed by atoms with Crippen molar-refractivity contribution in [3.8, 4) is 5.75 Å². The molecular weight excluding hydrogens is 499 g/mol. The second kappa shape index (κ2) is 10.4. The van der Waals surface area contributed by atoms with Crippen molar-refractivity contribution in [2.75, 3.05) is 0 Å². The molecule has 166 valence electrons. The minimum absolute atomic E-state index is 0.225. The molecule has 0 aliphatic carbocycles. The standard InChI is InChI=1S/C24H16Cl2N2O3S2/c25-18-11-9-15(10-12-18)22(29)27-28-23(30)21(33-24(28)32)13-16-5-2-4-8-20(16)31-14-17-6-1-3-7-19(17)26/h1-13H,14H2,(H,27,29)/b21-13+. The third-order valence-corrected chi connectivity index (χ3v) is 6.58. The van der Waals surface area contributed by atoms with Crippen LogP contribution in [-0.2, 0) is 11.4 Å². The second-order valence-corrected chi connectivity index (χ2v) is 9.40. The fourth-order valence-corrected chi connectivity index (χ4v) is 4.46. The van der Waals surface area contributed by atoms with Crippen LogP contribution in [-0.4, -0.2) is 21.1 Å². The Balaban J connectivity index is 1.50. The average Bonchev–Trinajstić information content (AvgIpc) is 3.07. The van der Waals surface area contributed by atoms with E-state index in [0.29, 0.717) is 31.8 Å². The number of rotatable bonds is 6. The zero-order valence-electron chi connectivity index (χ0n) is 17.0. The van der Waals surface area contributed by atoms with Gasteiger partial charge in [0.1, 0.15) is 12.4 Å². The van der Waals surface area contributed by atoms with E-state index >= 15 is 0 Å². The molecule has 0 unspecified atom stereocenters. The van der Waals surface area contributed by atoms with Gasteiger partial charge in [-0.3, -0.25) is 15.0 Å². The number of thioether (sulfide) groups is 1. The minimum atomic E-state index is -0.465. The Hall–Kier alpha value is -2.84. The summed E-state index contributed by atoms with van der Waals surface area (Å²) >= 11 is 18.5. The lowest BCUT2D eigenvalue weighted by molar-refractivity contribution is -0.123. The summed E-state index contributed by atoms with van der Waals surface area (Å²) in [5, 5.41) is 2.19. The molecule has 1 N–H and O–H groups in total. The molecule has 3 aromatic carbocycles. The van der Waals surface area contributed by atoms with E-state index < -0.39 is 11.8 Å². The normalized spacial score (nSPS) is 14.6. The summed E-state index contributed by atoms with van der Waals surface area (Å²) in [6.07, 6.45) is 1.69. The molecule has 0 radical (unpaired) electrons. The van der Waals surface area contributed by atoms with E-state index in [4.69, 9.17) is 40.2 Å². The van der Waals surface area contributed by atoms with Crippen molar-refractivity contribution in [1.82, 2.24) is 10.4 Å². The maximum absolute atomic E-state index is 12.9. The number of carbonyl (C=O) groups is 2. The first-order valence-corrected chi connectivity index (χ1v) is 11.7. The van der Waals surface area contributed by atoms with Gasteiger partial charge in [-0.25, -0.2) is 0 Å². The number of hydrogen-bond donors (Lipinski definition) is 1. The molecule has 0 spiro atoms. The van der Waals surface area contributed by atoms with Crippen molar-refractivity contribution in [3.05, 3.63) is 104 Å². The summed E-state index contributed by atoms with van der Waals surface area (Å²) in [6.45, 7) is 0.280. The number of amides is 2. The summed E-state index contributed by atoms with van der Waals surface area (Å²) in [5.41, 5.74) is 4.46. The van der Waals surface area contributed by atoms with Crippen LogP contribution in [0.5, 0.6) is 5.75 Å². The van der Waals surface area contributed by atoms with Crippen LogP contribution in [0.2, 0.25) is 10.0 Å². The third-order valence-electron chi connectivity index (χ3n) is 4.66. The molecule has 1 aliphatic heterocycles. The number of thiocarbonyl (C=S) groups is 1. The summed E-state index contributed by atoms with van der Waals surface area (Å²) < 4.78 is 6.18. The van der Waals surface area contributed by atoms with Crippen LogP contribution in [0.25, 0.3) is 6.08 Å². The van der Waals surface area contributed by atoms with Crippen molar-refractivity contribution in [1.29, 1.82) is 0 Å². The fraction of sp³-hybridized carbons (Fsp3) is 0.0417. The number of nitrogens with one attached hydrogen (secondary N) is 1. The summed E-state index contributed by atoms with van der Waals surface area (Å²) in [6, 6.07) is 21.1. The van der Waals surface area contributed by atoms with E-state index in [1.54, 1.807) is 36.4 Å². The van der Waals surface area contributed by atoms with Gasteiger partial charge >= 0.3 is 0 Å². The Morgan fingerprint density at radius 2 is 1.73 bits per heavy atom. The van der Waals surface area contributed by atoms with Crippen molar-refractivity contribution in [2.45, 2.75) is 6.61 Å². The maximum atomic E-state index is 12.9. The monoisotopic (exact) mass is 514 g/mol. The first-order chi connectivity index (χ1) is 15.9. The largest absolute Gasteiger partial charge is 0.488 e. The minimum Gasteiger partial charge on any atom is -0.488 e. The molecule has 1 heterocycles. The molecule has 0 saturated carbocycles. The highest BCUT2D eigenvalue weighted by molar-refractivity contribution is 8.26. The number of halogens is 2. The van der Waals surface area contributed by atoms with Gasteiger partial charge in [0.25, 0.3) is 11.8 Å². The summed E-state index contributed by atoms with van der Waals surface area (Å²) in [4.78, 5) is 25.8. The molecule has 4 rings (SSSR count). The molecule has 0 atom stereocenters.